The van der Waals surface area contributed by atoms with Crippen LogP contribution in [0.15, 0.2) is 4.99 Å². The van der Waals surface area contributed by atoms with Crippen LogP contribution in [0.4, 0.5) is 0 Å². The highest BCUT2D eigenvalue weighted by atomic mass is 16.5. The fraction of sp³-hybridized carbons (Fsp3) is 0.941. The maximum Gasteiger partial charge on any atom is 0.191 e. The predicted molar refractivity (Wildman–Crippen MR) is 94.6 cm³/mol. The topological polar surface area (TPSA) is 48.9 Å². The number of nitrogens with one attached hydrogen (secondary N) is 2. The molecule has 130 valence electrons. The molecule has 0 aromatic carbocycles. The van der Waals surface area contributed by atoms with Gasteiger partial charge in [0.25, 0.3) is 0 Å². The number of guanidine groups is 1. The van der Waals surface area contributed by atoms with Gasteiger partial charge in [-0.15, -0.1) is 0 Å². The smallest absolute Gasteiger partial charge is 0.191 e. The van der Waals surface area contributed by atoms with Crippen molar-refractivity contribution in [1.29, 1.82) is 0 Å². The van der Waals surface area contributed by atoms with Gasteiger partial charge in [-0.2, -0.15) is 0 Å². The molecule has 5 nitrogen and oxygen atoms in total. The zero-order valence-electron chi connectivity index (χ0n) is 15.1. The summed E-state index contributed by atoms with van der Waals surface area (Å²) in [7, 11) is 1.83. The Morgan fingerprint density at radius 2 is 1.91 bits per heavy atom. The van der Waals surface area contributed by atoms with E-state index in [1.54, 1.807) is 0 Å². The van der Waals surface area contributed by atoms with Gasteiger partial charge in [0, 0.05) is 26.7 Å². The molecule has 0 radical (unpaired) electrons. The first-order valence-electron chi connectivity index (χ1n) is 8.94. The summed E-state index contributed by atoms with van der Waals surface area (Å²) in [4.78, 5) is 6.84. The highest BCUT2D eigenvalue weighted by molar-refractivity contribution is 5.79. The monoisotopic (exact) mass is 312 g/mol. The molecule has 1 rings (SSSR count). The number of nitrogens with zero attached hydrogens (tertiary/aromatic N) is 2. The molecule has 1 fully saturated rings. The molecular weight excluding hydrogens is 276 g/mol. The van der Waals surface area contributed by atoms with Crippen LogP contribution < -0.4 is 10.6 Å². The minimum absolute atomic E-state index is 0.0311. The molecule has 1 heterocycles. The van der Waals surface area contributed by atoms with Crippen molar-refractivity contribution in [2.75, 3.05) is 46.4 Å². The van der Waals surface area contributed by atoms with E-state index in [4.69, 9.17) is 4.74 Å². The quantitative estimate of drug-likeness (QED) is 0.369. The van der Waals surface area contributed by atoms with E-state index in [1.807, 2.05) is 7.05 Å². The van der Waals surface area contributed by atoms with Crippen molar-refractivity contribution in [3.63, 3.8) is 0 Å². The van der Waals surface area contributed by atoms with Crippen LogP contribution in [0.25, 0.3) is 0 Å². The summed E-state index contributed by atoms with van der Waals surface area (Å²) in [6.07, 6.45) is 5.90. The summed E-state index contributed by atoms with van der Waals surface area (Å²) in [6.45, 7) is 12.9. The Labute approximate surface area is 136 Å². The largest absolute Gasteiger partial charge is 0.373 e. The molecule has 0 aliphatic carbocycles. The molecule has 0 aromatic rings. The van der Waals surface area contributed by atoms with Crippen LogP contribution in [0.1, 0.15) is 52.9 Å². The van der Waals surface area contributed by atoms with Gasteiger partial charge in [0.05, 0.1) is 5.60 Å². The minimum atomic E-state index is -0.0311. The van der Waals surface area contributed by atoms with Gasteiger partial charge in [-0.1, -0.05) is 13.8 Å². The van der Waals surface area contributed by atoms with Gasteiger partial charge < -0.3 is 20.3 Å². The molecule has 1 aliphatic heterocycles. The van der Waals surface area contributed by atoms with E-state index in [9.17, 15) is 0 Å². The zero-order chi connectivity index (χ0) is 16.3. The molecule has 1 saturated heterocycles. The van der Waals surface area contributed by atoms with Gasteiger partial charge in [0.1, 0.15) is 0 Å². The van der Waals surface area contributed by atoms with Crippen LogP contribution >= 0.6 is 0 Å². The summed E-state index contributed by atoms with van der Waals surface area (Å²) < 4.78 is 5.79. The van der Waals surface area contributed by atoms with E-state index in [0.29, 0.717) is 0 Å². The van der Waals surface area contributed by atoms with Crippen LogP contribution in [0.5, 0.6) is 0 Å². The van der Waals surface area contributed by atoms with Crippen molar-refractivity contribution in [3.8, 4) is 0 Å². The average molecular weight is 313 g/mol. The highest BCUT2D eigenvalue weighted by Crippen LogP contribution is 2.23. The Morgan fingerprint density at radius 3 is 2.45 bits per heavy atom. The van der Waals surface area contributed by atoms with E-state index < -0.39 is 0 Å². The number of hydrogen-bond donors (Lipinski definition) is 2. The van der Waals surface area contributed by atoms with Crippen molar-refractivity contribution in [2.24, 2.45) is 4.99 Å². The molecule has 2 N–H and O–H groups in total. The second kappa shape index (κ2) is 10.8. The van der Waals surface area contributed by atoms with Crippen LogP contribution in [0.3, 0.4) is 0 Å². The molecule has 22 heavy (non-hydrogen) atoms. The second-order valence-electron chi connectivity index (χ2n) is 6.45. The summed E-state index contributed by atoms with van der Waals surface area (Å²) in [6, 6.07) is 0. The lowest BCUT2D eigenvalue weighted by Gasteiger charge is -2.25. The van der Waals surface area contributed by atoms with E-state index in [1.165, 1.54) is 25.9 Å². The van der Waals surface area contributed by atoms with E-state index in [-0.39, 0.29) is 5.60 Å². The van der Waals surface area contributed by atoms with Gasteiger partial charge in [-0.05, 0) is 58.7 Å². The third kappa shape index (κ3) is 7.45. The van der Waals surface area contributed by atoms with Gasteiger partial charge in [0.2, 0.25) is 0 Å². The molecule has 1 unspecified atom stereocenters. The maximum absolute atomic E-state index is 5.79. The molecule has 0 aromatic heterocycles. The van der Waals surface area contributed by atoms with Crippen molar-refractivity contribution >= 4 is 5.96 Å². The Morgan fingerprint density at radius 1 is 1.18 bits per heavy atom. The van der Waals surface area contributed by atoms with Gasteiger partial charge in [-0.25, -0.2) is 0 Å². The summed E-state index contributed by atoms with van der Waals surface area (Å²) in [5, 5.41) is 6.80. The fourth-order valence-electron chi connectivity index (χ4n) is 2.94. The number of rotatable bonds is 10. The zero-order valence-corrected chi connectivity index (χ0v) is 15.1. The Kier molecular flexibility index (Phi) is 9.48. The van der Waals surface area contributed by atoms with E-state index >= 15 is 0 Å². The van der Waals surface area contributed by atoms with Crippen LogP contribution in [0.2, 0.25) is 0 Å². The summed E-state index contributed by atoms with van der Waals surface area (Å²) in [5.74, 6) is 0.884. The Hall–Kier alpha value is -0.810. The lowest BCUT2D eigenvalue weighted by Crippen LogP contribution is -2.46. The first-order valence-corrected chi connectivity index (χ1v) is 8.94. The fourth-order valence-corrected chi connectivity index (χ4v) is 2.94. The molecule has 0 bridgehead atoms. The molecule has 1 aliphatic rings. The highest BCUT2D eigenvalue weighted by Gasteiger charge is 2.29. The first-order chi connectivity index (χ1) is 10.6. The number of aliphatic imine (C=N–C) groups is 1. The van der Waals surface area contributed by atoms with Crippen LogP contribution in [-0.2, 0) is 4.74 Å². The standard InChI is InChI=1S/C17H36N4O/c1-5-11-21(12-6-2)13-8-10-19-16(18-4)20-15-17(3)9-7-14-22-17/h5-15H2,1-4H3,(H2,18,19,20). The molecule has 5 heteroatoms. The summed E-state index contributed by atoms with van der Waals surface area (Å²) >= 11 is 0. The van der Waals surface area contributed by atoms with Crippen molar-refractivity contribution in [2.45, 2.75) is 58.5 Å². The third-order valence-corrected chi connectivity index (χ3v) is 4.18. The van der Waals surface area contributed by atoms with Gasteiger partial charge >= 0.3 is 0 Å². The van der Waals surface area contributed by atoms with Gasteiger partial charge in [-0.3, -0.25) is 4.99 Å². The molecular formula is C17H36N4O. The van der Waals surface area contributed by atoms with Gasteiger partial charge in [0.15, 0.2) is 5.96 Å². The first kappa shape index (κ1) is 19.2. The lowest BCUT2D eigenvalue weighted by atomic mass is 10.0. The van der Waals surface area contributed by atoms with E-state index in [0.717, 1.165) is 51.5 Å². The molecule has 0 spiro atoms. The van der Waals surface area contributed by atoms with Crippen molar-refractivity contribution in [3.05, 3.63) is 0 Å². The third-order valence-electron chi connectivity index (χ3n) is 4.18. The SMILES string of the molecule is CCCN(CCC)CCCNC(=NC)NCC1(C)CCCO1. The Balaban J connectivity index is 2.18. The number of ether oxygens (including phenoxy) is 1. The normalized spacial score (nSPS) is 22.3. The van der Waals surface area contributed by atoms with E-state index in [2.05, 4.69) is 41.3 Å². The molecule has 0 saturated carbocycles. The average Bonchev–Trinajstić information content (AvgIpc) is 2.94. The minimum Gasteiger partial charge on any atom is -0.373 e. The van der Waals surface area contributed by atoms with Crippen molar-refractivity contribution in [1.82, 2.24) is 15.5 Å². The van der Waals surface area contributed by atoms with Crippen molar-refractivity contribution < 1.29 is 4.74 Å². The van der Waals surface area contributed by atoms with Crippen LogP contribution in [-0.4, -0.2) is 62.8 Å². The molecule has 0 amide bonds. The molecule has 1 atom stereocenters. The second-order valence-corrected chi connectivity index (χ2v) is 6.45. The number of hydrogen-bond acceptors (Lipinski definition) is 3. The predicted octanol–water partition coefficient (Wildman–Crippen LogP) is 2.23. The lowest BCUT2D eigenvalue weighted by molar-refractivity contribution is 0.0243. The van der Waals surface area contributed by atoms with Crippen LogP contribution in [0, 0.1) is 0 Å². The summed E-state index contributed by atoms with van der Waals surface area (Å²) in [5.41, 5.74) is -0.0311. The Bertz CT molecular complexity index is 308. The maximum atomic E-state index is 5.79.